The zero-order chi connectivity index (χ0) is 15.8. The number of carbonyl (C=O) groups is 3. The number of carboxylic acids is 1. The second kappa shape index (κ2) is 7.55. The van der Waals surface area contributed by atoms with Gasteiger partial charge in [-0.25, -0.2) is 0 Å². The highest BCUT2D eigenvalue weighted by molar-refractivity contribution is 5.97. The van der Waals surface area contributed by atoms with Crippen molar-refractivity contribution in [2.24, 2.45) is 0 Å². The second-order valence-electron chi connectivity index (χ2n) is 4.15. The number of nitrogens with two attached hydrogens (primary N) is 1. The number of hydrogen-bond acceptors (Lipinski definition) is 4. The Hall–Kier alpha value is -3.01. The number of amides is 2. The average Bonchev–Trinajstić information content (AvgIpc) is 2.44. The minimum Gasteiger partial charge on any atom is -0.480 e. The predicted molar refractivity (Wildman–Crippen MR) is 76.2 cm³/mol. The molecule has 0 spiro atoms. The molecule has 1 rings (SSSR count). The van der Waals surface area contributed by atoms with E-state index in [2.05, 4.69) is 11.2 Å². The summed E-state index contributed by atoms with van der Waals surface area (Å²) in [7, 11) is 0. The molecule has 0 saturated heterocycles. The topological polar surface area (TPSA) is 113 Å². The van der Waals surface area contributed by atoms with E-state index in [0.717, 1.165) is 4.90 Å². The summed E-state index contributed by atoms with van der Waals surface area (Å²) in [5, 5.41) is 11.1. The van der Waals surface area contributed by atoms with Crippen LogP contribution in [0.4, 0.5) is 5.69 Å². The summed E-state index contributed by atoms with van der Waals surface area (Å²) in [5.41, 5.74) is 6.37. The molecule has 1 aromatic rings. The molecule has 7 nitrogen and oxygen atoms in total. The Labute approximate surface area is 121 Å². The van der Waals surface area contributed by atoms with E-state index in [9.17, 15) is 14.4 Å². The molecule has 0 radical (unpaired) electrons. The first-order chi connectivity index (χ1) is 9.93. The third-order valence-electron chi connectivity index (χ3n) is 2.53. The monoisotopic (exact) mass is 289 g/mol. The Morgan fingerprint density at radius 1 is 1.29 bits per heavy atom. The maximum Gasteiger partial charge on any atom is 0.323 e. The Morgan fingerprint density at radius 2 is 1.90 bits per heavy atom. The molecule has 0 unspecified atom stereocenters. The third-order valence-corrected chi connectivity index (χ3v) is 2.53. The largest absolute Gasteiger partial charge is 0.480 e. The van der Waals surface area contributed by atoms with Gasteiger partial charge in [0.1, 0.15) is 6.54 Å². The van der Waals surface area contributed by atoms with E-state index < -0.39 is 24.3 Å². The van der Waals surface area contributed by atoms with Crippen LogP contribution in [0.25, 0.3) is 0 Å². The lowest BCUT2D eigenvalue weighted by molar-refractivity contribution is -0.143. The van der Waals surface area contributed by atoms with Crippen molar-refractivity contribution in [3.63, 3.8) is 0 Å². The molecule has 0 aliphatic heterocycles. The highest BCUT2D eigenvalue weighted by atomic mass is 16.4. The first kappa shape index (κ1) is 16.0. The van der Waals surface area contributed by atoms with Gasteiger partial charge in [0, 0.05) is 11.3 Å². The van der Waals surface area contributed by atoms with Gasteiger partial charge in [-0.1, -0.05) is 5.92 Å². The number of nitrogens with one attached hydrogen (secondary N) is 1. The van der Waals surface area contributed by atoms with Crippen molar-refractivity contribution in [1.29, 1.82) is 0 Å². The molecule has 0 saturated carbocycles. The van der Waals surface area contributed by atoms with Crippen molar-refractivity contribution in [1.82, 2.24) is 10.2 Å². The van der Waals surface area contributed by atoms with Gasteiger partial charge in [0.05, 0.1) is 13.1 Å². The van der Waals surface area contributed by atoms with Crippen LogP contribution >= 0.6 is 0 Å². The van der Waals surface area contributed by atoms with E-state index in [1.165, 1.54) is 12.1 Å². The van der Waals surface area contributed by atoms with E-state index >= 15 is 0 Å². The first-order valence-electron chi connectivity index (χ1n) is 6.00. The molecule has 0 aliphatic carbocycles. The lowest BCUT2D eigenvalue weighted by Gasteiger charge is -2.18. The number of hydrogen-bond donors (Lipinski definition) is 3. The van der Waals surface area contributed by atoms with Gasteiger partial charge >= 0.3 is 5.97 Å². The van der Waals surface area contributed by atoms with Crippen molar-refractivity contribution in [2.45, 2.75) is 0 Å². The number of nitrogen functional groups attached to an aromatic ring is 1. The van der Waals surface area contributed by atoms with Crippen molar-refractivity contribution in [3.8, 4) is 12.3 Å². The van der Waals surface area contributed by atoms with E-state index in [-0.39, 0.29) is 13.1 Å². The molecule has 0 aliphatic rings. The number of aliphatic carboxylic acids is 1. The maximum absolute atomic E-state index is 11.8. The lowest BCUT2D eigenvalue weighted by atomic mass is 10.2. The maximum atomic E-state index is 11.8. The number of anilines is 1. The molecule has 7 heteroatoms. The second-order valence-corrected chi connectivity index (χ2v) is 4.15. The normalized spacial score (nSPS) is 9.48. The first-order valence-corrected chi connectivity index (χ1v) is 6.00. The van der Waals surface area contributed by atoms with Crippen LogP contribution in [0.5, 0.6) is 0 Å². The van der Waals surface area contributed by atoms with Crippen molar-refractivity contribution in [2.75, 3.05) is 25.4 Å². The summed E-state index contributed by atoms with van der Waals surface area (Å²) >= 11 is 0. The average molecular weight is 289 g/mol. The molecule has 1 aromatic carbocycles. The van der Waals surface area contributed by atoms with Gasteiger partial charge in [-0.15, -0.1) is 6.42 Å². The quantitative estimate of drug-likeness (QED) is 0.485. The molecule has 0 bridgehead atoms. The van der Waals surface area contributed by atoms with E-state index in [1.54, 1.807) is 12.1 Å². The number of carbonyl (C=O) groups excluding carboxylic acids is 2. The zero-order valence-corrected chi connectivity index (χ0v) is 11.2. The fourth-order valence-electron chi connectivity index (χ4n) is 1.51. The minimum atomic E-state index is -1.18. The van der Waals surface area contributed by atoms with Crippen LogP contribution in [0.2, 0.25) is 0 Å². The Kier molecular flexibility index (Phi) is 5.77. The van der Waals surface area contributed by atoms with Crippen LogP contribution in [-0.4, -0.2) is 47.4 Å². The molecular formula is C14H15N3O4. The number of rotatable bonds is 6. The fraction of sp³-hybridized carbons (Fsp3) is 0.214. The Bertz CT molecular complexity index is 575. The molecule has 0 heterocycles. The summed E-state index contributed by atoms with van der Waals surface area (Å²) < 4.78 is 0. The van der Waals surface area contributed by atoms with Crippen molar-refractivity contribution >= 4 is 23.5 Å². The number of terminal acetylenes is 1. The predicted octanol–water partition coefficient (Wildman–Crippen LogP) is -0.455. The summed E-state index contributed by atoms with van der Waals surface area (Å²) in [6.45, 7) is -0.984. The summed E-state index contributed by atoms with van der Waals surface area (Å²) in [5.74, 6) is -0.0118. The van der Waals surface area contributed by atoms with Crippen molar-refractivity contribution < 1.29 is 19.5 Å². The Balaban J connectivity index is 2.58. The summed E-state index contributed by atoms with van der Waals surface area (Å²) in [4.78, 5) is 35.2. The van der Waals surface area contributed by atoms with Crippen LogP contribution in [0.3, 0.4) is 0 Å². The van der Waals surface area contributed by atoms with Crippen LogP contribution in [-0.2, 0) is 9.59 Å². The van der Waals surface area contributed by atoms with Crippen LogP contribution in [0.1, 0.15) is 10.4 Å². The molecule has 4 N–H and O–H groups in total. The van der Waals surface area contributed by atoms with Crippen LogP contribution in [0.15, 0.2) is 24.3 Å². The number of carboxylic acid groups (broad SMARTS) is 1. The zero-order valence-electron chi connectivity index (χ0n) is 11.2. The molecule has 0 atom stereocenters. The number of nitrogens with zero attached hydrogens (tertiary/aromatic N) is 1. The van der Waals surface area contributed by atoms with Gasteiger partial charge in [0.15, 0.2) is 0 Å². The van der Waals surface area contributed by atoms with Gasteiger partial charge < -0.3 is 21.1 Å². The number of benzene rings is 1. The smallest absolute Gasteiger partial charge is 0.323 e. The molecular weight excluding hydrogens is 274 g/mol. The minimum absolute atomic E-state index is 0.136. The lowest BCUT2D eigenvalue weighted by Crippen LogP contribution is -2.42. The summed E-state index contributed by atoms with van der Waals surface area (Å²) in [6.07, 6.45) is 5.07. The van der Waals surface area contributed by atoms with Gasteiger partial charge in [-0.05, 0) is 24.3 Å². The molecule has 110 valence electrons. The van der Waals surface area contributed by atoms with Crippen LogP contribution < -0.4 is 11.1 Å². The van der Waals surface area contributed by atoms with Gasteiger partial charge in [0.25, 0.3) is 5.91 Å². The molecule has 21 heavy (non-hydrogen) atoms. The van der Waals surface area contributed by atoms with Crippen LogP contribution in [0, 0.1) is 12.3 Å². The van der Waals surface area contributed by atoms with E-state index in [1.807, 2.05) is 0 Å². The Morgan fingerprint density at radius 3 is 2.43 bits per heavy atom. The molecule has 0 fully saturated rings. The van der Waals surface area contributed by atoms with E-state index in [4.69, 9.17) is 17.3 Å². The highest BCUT2D eigenvalue weighted by Crippen LogP contribution is 2.04. The van der Waals surface area contributed by atoms with Gasteiger partial charge in [0.2, 0.25) is 5.91 Å². The van der Waals surface area contributed by atoms with Crippen molar-refractivity contribution in [3.05, 3.63) is 29.8 Å². The third kappa shape index (κ3) is 5.24. The molecule has 0 aromatic heterocycles. The van der Waals surface area contributed by atoms with Gasteiger partial charge in [-0.3, -0.25) is 14.4 Å². The standard InChI is InChI=1S/C14H15N3O4/c1-2-7-17(9-13(19)20)12(18)8-16-14(21)10-3-5-11(15)6-4-10/h1,3-6H,7-9,15H2,(H,16,21)(H,19,20). The van der Waals surface area contributed by atoms with E-state index in [0.29, 0.717) is 11.3 Å². The molecule has 2 amide bonds. The fourth-order valence-corrected chi connectivity index (χ4v) is 1.51. The highest BCUT2D eigenvalue weighted by Gasteiger charge is 2.16. The SMILES string of the molecule is C#CCN(CC(=O)O)C(=O)CNC(=O)c1ccc(N)cc1. The summed E-state index contributed by atoms with van der Waals surface area (Å²) in [6, 6.07) is 6.16. The van der Waals surface area contributed by atoms with Gasteiger partial charge in [-0.2, -0.15) is 0 Å².